The van der Waals surface area contributed by atoms with Gasteiger partial charge in [-0.3, -0.25) is 0 Å². The molecule has 0 aliphatic rings. The molecule has 1 aromatic heterocycles. The topological polar surface area (TPSA) is 44.4 Å². The Hall–Kier alpha value is -1.56. The molecule has 2 N–H and O–H groups in total. The Balaban J connectivity index is 1.67. The third-order valence-corrected chi connectivity index (χ3v) is 4.55. The van der Waals surface area contributed by atoms with Crippen molar-refractivity contribution in [2.75, 3.05) is 20.6 Å². The van der Waals surface area contributed by atoms with E-state index in [1.807, 2.05) is 38.4 Å². The average molecular weight is 352 g/mol. The summed E-state index contributed by atoms with van der Waals surface area (Å²) in [5, 5.41) is 5.72. The minimum absolute atomic E-state index is 0.148. The van der Waals surface area contributed by atoms with Gasteiger partial charge in [0.05, 0.1) is 4.34 Å². The van der Waals surface area contributed by atoms with Crippen LogP contribution in [-0.4, -0.2) is 31.6 Å². The highest BCUT2D eigenvalue weighted by Gasteiger charge is 2.02. The molecule has 0 aliphatic heterocycles. The van der Waals surface area contributed by atoms with Crippen molar-refractivity contribution in [2.45, 2.75) is 19.5 Å². The first-order chi connectivity index (χ1) is 11.0. The summed E-state index contributed by atoms with van der Waals surface area (Å²) in [5.74, 6) is 0. The highest BCUT2D eigenvalue weighted by Crippen LogP contribution is 2.21. The summed E-state index contributed by atoms with van der Waals surface area (Å²) in [4.78, 5) is 15.1. The van der Waals surface area contributed by atoms with Crippen LogP contribution in [0.2, 0.25) is 4.34 Å². The molecule has 0 aliphatic carbocycles. The number of carbonyl (C=O) groups excluding carboxylic acids is 1. The Labute approximate surface area is 146 Å². The molecule has 124 valence electrons. The Morgan fingerprint density at radius 2 is 1.78 bits per heavy atom. The minimum atomic E-state index is -0.148. The van der Waals surface area contributed by atoms with Gasteiger partial charge in [0, 0.05) is 24.5 Å². The number of urea groups is 1. The van der Waals surface area contributed by atoms with Crippen molar-refractivity contribution < 1.29 is 4.79 Å². The van der Waals surface area contributed by atoms with Gasteiger partial charge in [0.1, 0.15) is 0 Å². The second kappa shape index (κ2) is 8.91. The standard InChI is InChI=1S/C17H22ClN3OS/c1-21(2)12-14-5-3-13(4-6-14)11-20-17(22)19-10-9-15-7-8-16(18)23-15/h3-8H,9-12H2,1-2H3,(H2,19,20,22). The zero-order chi connectivity index (χ0) is 16.7. The average Bonchev–Trinajstić information content (AvgIpc) is 2.91. The number of carbonyl (C=O) groups is 1. The summed E-state index contributed by atoms with van der Waals surface area (Å²) in [6, 6.07) is 12.0. The zero-order valence-corrected chi connectivity index (χ0v) is 15.0. The molecule has 1 aromatic carbocycles. The van der Waals surface area contributed by atoms with Crippen LogP contribution in [0.3, 0.4) is 0 Å². The van der Waals surface area contributed by atoms with E-state index in [2.05, 4.69) is 27.7 Å². The molecule has 0 fully saturated rings. The van der Waals surface area contributed by atoms with Crippen molar-refractivity contribution in [1.82, 2.24) is 15.5 Å². The van der Waals surface area contributed by atoms with E-state index in [1.54, 1.807) is 11.3 Å². The summed E-state index contributed by atoms with van der Waals surface area (Å²) in [5.41, 5.74) is 2.35. The summed E-state index contributed by atoms with van der Waals surface area (Å²) in [7, 11) is 4.09. The molecule has 6 heteroatoms. The summed E-state index contributed by atoms with van der Waals surface area (Å²) in [6.07, 6.45) is 0.796. The Morgan fingerprint density at radius 1 is 1.09 bits per heavy atom. The number of rotatable bonds is 7. The number of thiophene rings is 1. The maximum absolute atomic E-state index is 11.8. The van der Waals surface area contributed by atoms with Crippen molar-refractivity contribution in [3.05, 3.63) is 56.7 Å². The fourth-order valence-corrected chi connectivity index (χ4v) is 3.24. The number of hydrogen-bond donors (Lipinski definition) is 2. The number of nitrogens with one attached hydrogen (secondary N) is 2. The van der Waals surface area contributed by atoms with E-state index in [1.165, 1.54) is 10.4 Å². The van der Waals surface area contributed by atoms with Gasteiger partial charge in [0.25, 0.3) is 0 Å². The number of amides is 2. The van der Waals surface area contributed by atoms with Gasteiger partial charge in [0.15, 0.2) is 0 Å². The van der Waals surface area contributed by atoms with Crippen molar-refractivity contribution in [3.63, 3.8) is 0 Å². The van der Waals surface area contributed by atoms with Crippen LogP contribution < -0.4 is 10.6 Å². The van der Waals surface area contributed by atoms with Crippen LogP contribution in [0.1, 0.15) is 16.0 Å². The number of nitrogens with zero attached hydrogens (tertiary/aromatic N) is 1. The number of hydrogen-bond acceptors (Lipinski definition) is 3. The molecule has 2 amide bonds. The molecule has 0 atom stereocenters. The van der Waals surface area contributed by atoms with Crippen LogP contribution in [-0.2, 0) is 19.5 Å². The second-order valence-corrected chi connectivity index (χ2v) is 7.42. The molecular weight excluding hydrogens is 330 g/mol. The monoisotopic (exact) mass is 351 g/mol. The van der Waals surface area contributed by atoms with Crippen LogP contribution in [0, 0.1) is 0 Å². The van der Waals surface area contributed by atoms with Gasteiger partial charge in [-0.2, -0.15) is 0 Å². The first-order valence-electron chi connectivity index (χ1n) is 7.51. The van der Waals surface area contributed by atoms with Gasteiger partial charge in [-0.15, -0.1) is 11.3 Å². The first-order valence-corrected chi connectivity index (χ1v) is 8.71. The van der Waals surface area contributed by atoms with Gasteiger partial charge >= 0.3 is 6.03 Å². The minimum Gasteiger partial charge on any atom is -0.338 e. The molecule has 23 heavy (non-hydrogen) atoms. The maximum atomic E-state index is 11.8. The molecule has 1 heterocycles. The van der Waals surface area contributed by atoms with E-state index in [-0.39, 0.29) is 6.03 Å². The van der Waals surface area contributed by atoms with Crippen molar-refractivity contribution in [3.8, 4) is 0 Å². The molecule has 0 saturated heterocycles. The second-order valence-electron chi connectivity index (χ2n) is 5.62. The smallest absolute Gasteiger partial charge is 0.315 e. The molecule has 0 bridgehead atoms. The molecular formula is C17H22ClN3OS. The van der Waals surface area contributed by atoms with Gasteiger partial charge in [-0.05, 0) is 43.8 Å². The third kappa shape index (κ3) is 6.60. The van der Waals surface area contributed by atoms with E-state index in [9.17, 15) is 4.79 Å². The predicted octanol–water partition coefficient (Wildman–Crippen LogP) is 3.51. The zero-order valence-electron chi connectivity index (χ0n) is 13.4. The van der Waals surface area contributed by atoms with E-state index in [0.717, 1.165) is 22.9 Å². The van der Waals surface area contributed by atoms with E-state index < -0.39 is 0 Å². The van der Waals surface area contributed by atoms with Gasteiger partial charge in [0.2, 0.25) is 0 Å². The van der Waals surface area contributed by atoms with Crippen LogP contribution in [0.25, 0.3) is 0 Å². The third-order valence-electron chi connectivity index (χ3n) is 3.26. The van der Waals surface area contributed by atoms with Gasteiger partial charge < -0.3 is 15.5 Å². The fourth-order valence-electron chi connectivity index (χ4n) is 2.16. The van der Waals surface area contributed by atoms with Crippen molar-refractivity contribution in [2.24, 2.45) is 0 Å². The summed E-state index contributed by atoms with van der Waals surface area (Å²) >= 11 is 7.42. The fraction of sp³-hybridized carbons (Fsp3) is 0.353. The Kier molecular flexibility index (Phi) is 6.89. The molecule has 0 spiro atoms. The Morgan fingerprint density at radius 3 is 2.39 bits per heavy atom. The largest absolute Gasteiger partial charge is 0.338 e. The summed E-state index contributed by atoms with van der Waals surface area (Å²) < 4.78 is 0.780. The molecule has 2 rings (SSSR count). The molecule has 0 saturated carbocycles. The lowest BCUT2D eigenvalue weighted by molar-refractivity contribution is 0.240. The predicted molar refractivity (Wildman–Crippen MR) is 97.1 cm³/mol. The molecule has 0 unspecified atom stereocenters. The van der Waals surface area contributed by atoms with Crippen LogP contribution in [0.15, 0.2) is 36.4 Å². The highest BCUT2D eigenvalue weighted by atomic mass is 35.5. The summed E-state index contributed by atoms with van der Waals surface area (Å²) in [6.45, 7) is 2.05. The van der Waals surface area contributed by atoms with E-state index >= 15 is 0 Å². The lowest BCUT2D eigenvalue weighted by Crippen LogP contribution is -2.36. The van der Waals surface area contributed by atoms with Crippen LogP contribution in [0.5, 0.6) is 0 Å². The van der Waals surface area contributed by atoms with E-state index in [0.29, 0.717) is 13.1 Å². The van der Waals surface area contributed by atoms with Crippen LogP contribution >= 0.6 is 22.9 Å². The van der Waals surface area contributed by atoms with E-state index in [4.69, 9.17) is 11.6 Å². The SMILES string of the molecule is CN(C)Cc1ccc(CNC(=O)NCCc2ccc(Cl)s2)cc1. The number of benzene rings is 1. The molecule has 0 radical (unpaired) electrons. The maximum Gasteiger partial charge on any atom is 0.315 e. The highest BCUT2D eigenvalue weighted by molar-refractivity contribution is 7.16. The van der Waals surface area contributed by atoms with Gasteiger partial charge in [-0.25, -0.2) is 4.79 Å². The normalized spacial score (nSPS) is 10.8. The van der Waals surface area contributed by atoms with Crippen LogP contribution in [0.4, 0.5) is 4.79 Å². The van der Waals surface area contributed by atoms with Crippen molar-refractivity contribution >= 4 is 29.0 Å². The molecule has 4 nitrogen and oxygen atoms in total. The molecule has 2 aromatic rings. The van der Waals surface area contributed by atoms with Gasteiger partial charge in [-0.1, -0.05) is 35.9 Å². The number of halogens is 1. The first kappa shape index (κ1) is 17.8. The Bertz CT molecular complexity index is 625. The quantitative estimate of drug-likeness (QED) is 0.801. The lowest BCUT2D eigenvalue weighted by Gasteiger charge is -2.11. The lowest BCUT2D eigenvalue weighted by atomic mass is 10.1. The van der Waals surface area contributed by atoms with Crippen molar-refractivity contribution in [1.29, 1.82) is 0 Å².